The molecule has 0 aliphatic heterocycles. The Labute approximate surface area is 95.9 Å². The van der Waals surface area contributed by atoms with E-state index in [4.69, 9.17) is 0 Å². The lowest BCUT2D eigenvalue weighted by Gasteiger charge is -2.18. The van der Waals surface area contributed by atoms with Crippen molar-refractivity contribution in [3.63, 3.8) is 0 Å². The summed E-state index contributed by atoms with van der Waals surface area (Å²) in [6, 6.07) is 6.56. The van der Waals surface area contributed by atoms with E-state index in [0.717, 1.165) is 0 Å². The summed E-state index contributed by atoms with van der Waals surface area (Å²) in [6.45, 7) is 6.55. The largest absolute Gasteiger partial charge is 0.306 e. The lowest BCUT2D eigenvalue weighted by Crippen LogP contribution is -2.27. The maximum atomic E-state index is 12.8. The van der Waals surface area contributed by atoms with Crippen LogP contribution in [-0.2, 0) is 0 Å². The van der Waals surface area contributed by atoms with Crippen molar-refractivity contribution in [2.24, 2.45) is 0 Å². The smallest absolute Gasteiger partial charge is 0.257 e. The van der Waals surface area contributed by atoms with E-state index in [9.17, 15) is 8.78 Å². The molecule has 90 valence electrons. The van der Waals surface area contributed by atoms with Gasteiger partial charge < -0.3 is 5.32 Å². The molecule has 1 unspecified atom stereocenters. The number of nitrogens with one attached hydrogen (secondary N) is 1. The molecule has 1 nitrogen and oxygen atoms in total. The monoisotopic (exact) mass is 227 g/mol. The highest BCUT2D eigenvalue weighted by molar-refractivity contribution is 5.27. The van der Waals surface area contributed by atoms with Crippen LogP contribution in [0.1, 0.15) is 43.9 Å². The molecule has 16 heavy (non-hydrogen) atoms. The summed E-state index contributed by atoms with van der Waals surface area (Å²) >= 11 is 0. The molecule has 0 saturated heterocycles. The second kappa shape index (κ2) is 5.94. The molecule has 1 aromatic rings. The minimum atomic E-state index is -2.37. The van der Waals surface area contributed by atoms with Crippen molar-refractivity contribution in [1.82, 2.24) is 5.32 Å². The molecule has 0 amide bonds. The first kappa shape index (κ1) is 13.1. The summed E-state index contributed by atoms with van der Waals surface area (Å²) in [7, 11) is 0. The minimum Gasteiger partial charge on any atom is -0.306 e. The van der Waals surface area contributed by atoms with E-state index >= 15 is 0 Å². The second-order valence-corrected chi connectivity index (χ2v) is 4.19. The van der Waals surface area contributed by atoms with Gasteiger partial charge in [0.1, 0.15) is 0 Å². The van der Waals surface area contributed by atoms with Crippen molar-refractivity contribution in [1.29, 1.82) is 0 Å². The molecule has 1 N–H and O–H groups in total. The van der Waals surface area contributed by atoms with Crippen molar-refractivity contribution in [3.8, 4) is 0 Å². The van der Waals surface area contributed by atoms with Gasteiger partial charge in [0.25, 0.3) is 6.43 Å². The van der Waals surface area contributed by atoms with Crippen molar-refractivity contribution in [2.75, 3.05) is 6.54 Å². The van der Waals surface area contributed by atoms with Gasteiger partial charge in [-0.3, -0.25) is 0 Å². The molecule has 1 aromatic carbocycles. The minimum absolute atomic E-state index is 0.429. The maximum Gasteiger partial charge on any atom is 0.257 e. The Morgan fingerprint density at radius 2 is 1.56 bits per heavy atom. The molecule has 0 aliphatic carbocycles. The molecular weight excluding hydrogens is 208 g/mol. The van der Waals surface area contributed by atoms with Gasteiger partial charge in [0.2, 0.25) is 0 Å². The van der Waals surface area contributed by atoms with Crippen LogP contribution >= 0.6 is 0 Å². The van der Waals surface area contributed by atoms with Crippen LogP contribution in [0.4, 0.5) is 8.78 Å². The lowest BCUT2D eigenvalue weighted by molar-refractivity contribution is 0.0993. The standard InChI is InChI=1S/C13H19F2N/c1-4-16-12(13(14)15)11-7-5-10(6-8-11)9(2)3/h5-9,12-13,16H,4H2,1-3H3. The first-order valence-corrected chi connectivity index (χ1v) is 5.67. The zero-order chi connectivity index (χ0) is 12.1. The Bertz CT molecular complexity index is 306. The van der Waals surface area contributed by atoms with Gasteiger partial charge in [0.05, 0.1) is 6.04 Å². The van der Waals surface area contributed by atoms with Gasteiger partial charge in [-0.05, 0) is 23.6 Å². The quantitative estimate of drug-likeness (QED) is 0.808. The normalized spacial score (nSPS) is 13.4. The molecule has 1 rings (SSSR count). The van der Waals surface area contributed by atoms with Crippen molar-refractivity contribution in [3.05, 3.63) is 35.4 Å². The summed E-state index contributed by atoms with van der Waals surface area (Å²) in [4.78, 5) is 0. The highest BCUT2D eigenvalue weighted by atomic mass is 19.3. The van der Waals surface area contributed by atoms with Gasteiger partial charge in [-0.25, -0.2) is 8.78 Å². The summed E-state index contributed by atoms with van der Waals surface area (Å²) in [5.74, 6) is 0.429. The topological polar surface area (TPSA) is 12.0 Å². The van der Waals surface area contributed by atoms with Gasteiger partial charge in [-0.15, -0.1) is 0 Å². The van der Waals surface area contributed by atoms with E-state index in [1.807, 2.05) is 19.1 Å². The van der Waals surface area contributed by atoms with Gasteiger partial charge >= 0.3 is 0 Å². The summed E-state index contributed by atoms with van der Waals surface area (Å²) in [6.07, 6.45) is -2.37. The fraction of sp³-hybridized carbons (Fsp3) is 0.538. The Morgan fingerprint density at radius 1 is 1.06 bits per heavy atom. The molecule has 0 bridgehead atoms. The first-order valence-electron chi connectivity index (χ1n) is 5.67. The van der Waals surface area contributed by atoms with Gasteiger partial charge in [0, 0.05) is 0 Å². The van der Waals surface area contributed by atoms with Crippen LogP contribution in [0.5, 0.6) is 0 Å². The average Bonchev–Trinajstić information content (AvgIpc) is 2.25. The third-order valence-electron chi connectivity index (χ3n) is 2.64. The Balaban J connectivity index is 2.85. The number of hydrogen-bond acceptors (Lipinski definition) is 1. The Kier molecular flexibility index (Phi) is 4.87. The third-order valence-corrected chi connectivity index (χ3v) is 2.64. The van der Waals surface area contributed by atoms with Crippen LogP contribution in [0.3, 0.4) is 0 Å². The summed E-state index contributed by atoms with van der Waals surface area (Å²) in [5, 5.41) is 2.80. The maximum absolute atomic E-state index is 12.8. The predicted octanol–water partition coefficient (Wildman–Crippen LogP) is 3.73. The molecule has 0 heterocycles. The first-order chi connectivity index (χ1) is 7.56. The highest BCUT2D eigenvalue weighted by Gasteiger charge is 2.20. The van der Waals surface area contributed by atoms with Crippen LogP contribution in [0.15, 0.2) is 24.3 Å². The molecule has 1 atom stereocenters. The van der Waals surface area contributed by atoms with E-state index in [1.165, 1.54) is 5.56 Å². The number of rotatable bonds is 5. The molecular formula is C13H19F2N. The number of halogens is 2. The highest BCUT2D eigenvalue weighted by Crippen LogP contribution is 2.23. The summed E-state index contributed by atoms with van der Waals surface area (Å²) < 4.78 is 25.5. The van der Waals surface area contributed by atoms with Crippen molar-refractivity contribution < 1.29 is 8.78 Å². The van der Waals surface area contributed by atoms with Crippen LogP contribution in [-0.4, -0.2) is 13.0 Å². The van der Waals surface area contributed by atoms with Gasteiger partial charge in [-0.1, -0.05) is 45.0 Å². The molecule has 3 heteroatoms. The SMILES string of the molecule is CCNC(c1ccc(C(C)C)cc1)C(F)F. The number of hydrogen-bond donors (Lipinski definition) is 1. The molecule has 0 aromatic heterocycles. The van der Waals surface area contributed by atoms with Crippen molar-refractivity contribution in [2.45, 2.75) is 39.2 Å². The zero-order valence-electron chi connectivity index (χ0n) is 10.0. The van der Waals surface area contributed by atoms with Crippen LogP contribution in [0, 0.1) is 0 Å². The van der Waals surface area contributed by atoms with E-state index in [2.05, 4.69) is 19.2 Å². The third kappa shape index (κ3) is 3.27. The Morgan fingerprint density at radius 3 is 1.94 bits per heavy atom. The van der Waals surface area contributed by atoms with E-state index < -0.39 is 12.5 Å². The zero-order valence-corrected chi connectivity index (χ0v) is 10.0. The molecule has 0 spiro atoms. The van der Waals surface area contributed by atoms with E-state index in [0.29, 0.717) is 18.0 Å². The number of benzene rings is 1. The van der Waals surface area contributed by atoms with E-state index in [-0.39, 0.29) is 0 Å². The summed E-state index contributed by atoms with van der Waals surface area (Å²) in [5.41, 5.74) is 1.83. The van der Waals surface area contributed by atoms with Crippen LogP contribution < -0.4 is 5.32 Å². The average molecular weight is 227 g/mol. The molecule has 0 aliphatic rings. The molecule has 0 radical (unpaired) electrons. The fourth-order valence-electron chi connectivity index (χ4n) is 1.66. The lowest BCUT2D eigenvalue weighted by atomic mass is 9.99. The predicted molar refractivity (Wildman–Crippen MR) is 63.0 cm³/mol. The van der Waals surface area contributed by atoms with Crippen LogP contribution in [0.2, 0.25) is 0 Å². The van der Waals surface area contributed by atoms with Crippen LogP contribution in [0.25, 0.3) is 0 Å². The molecule has 0 fully saturated rings. The second-order valence-electron chi connectivity index (χ2n) is 4.19. The van der Waals surface area contributed by atoms with E-state index in [1.54, 1.807) is 12.1 Å². The number of alkyl halides is 2. The molecule has 0 saturated carbocycles. The van der Waals surface area contributed by atoms with Crippen molar-refractivity contribution >= 4 is 0 Å². The Hall–Kier alpha value is -0.960. The van der Waals surface area contributed by atoms with Gasteiger partial charge in [0.15, 0.2) is 0 Å². The van der Waals surface area contributed by atoms with Gasteiger partial charge in [-0.2, -0.15) is 0 Å². The fourth-order valence-corrected chi connectivity index (χ4v) is 1.66.